The van der Waals surface area contributed by atoms with E-state index in [4.69, 9.17) is 27.2 Å². The van der Waals surface area contributed by atoms with Gasteiger partial charge in [-0.3, -0.25) is 5.43 Å². The number of aromatic amines is 1. The lowest BCUT2D eigenvalue weighted by molar-refractivity contribution is 0.583. The Labute approximate surface area is 101 Å². The maximum Gasteiger partial charge on any atom is 0.266 e. The number of hydrogen-bond acceptors (Lipinski definition) is 6. The Bertz CT molecular complexity index is 711. The molecule has 0 aliphatic carbocycles. The molecule has 0 saturated heterocycles. The van der Waals surface area contributed by atoms with Crippen LogP contribution >= 0.6 is 12.2 Å². The van der Waals surface area contributed by atoms with E-state index in [-0.39, 0.29) is 10.5 Å². The van der Waals surface area contributed by atoms with Gasteiger partial charge in [-0.1, -0.05) is 0 Å². The van der Waals surface area contributed by atoms with Crippen LogP contribution in [0.1, 0.15) is 0 Å². The van der Waals surface area contributed by atoms with Crippen molar-refractivity contribution >= 4 is 34.7 Å². The molecule has 2 N–H and O–H groups in total. The number of aromatic nitrogens is 1. The van der Waals surface area contributed by atoms with E-state index in [2.05, 4.69) is 15.5 Å². The average molecular weight is 243 g/mol. The van der Waals surface area contributed by atoms with Gasteiger partial charge in [-0.25, -0.2) is 0 Å². The first-order valence-electron chi connectivity index (χ1n) is 4.49. The molecule has 1 heterocycles. The summed E-state index contributed by atoms with van der Waals surface area (Å²) in [7, 11) is 0. The Kier molecular flexibility index (Phi) is 2.86. The van der Waals surface area contributed by atoms with Crippen molar-refractivity contribution in [2.45, 2.75) is 0 Å². The Morgan fingerprint density at radius 3 is 2.88 bits per heavy atom. The van der Waals surface area contributed by atoms with Gasteiger partial charge in [0.15, 0.2) is 5.58 Å². The number of rotatable bonds is 2. The monoisotopic (exact) mass is 243 g/mol. The summed E-state index contributed by atoms with van der Waals surface area (Å²) < 4.78 is 5.21. The lowest BCUT2D eigenvalue weighted by Crippen LogP contribution is -1.95. The van der Waals surface area contributed by atoms with Gasteiger partial charge in [0.1, 0.15) is 12.1 Å². The predicted octanol–water partition coefficient (Wildman–Crippen LogP) is 2.31. The Balaban J connectivity index is 2.32. The summed E-state index contributed by atoms with van der Waals surface area (Å²) in [6.45, 7) is 0. The van der Waals surface area contributed by atoms with E-state index in [1.807, 2.05) is 0 Å². The van der Waals surface area contributed by atoms with Crippen LogP contribution in [0, 0.1) is 27.5 Å². The molecule has 6 nitrogen and oxygen atoms in total. The van der Waals surface area contributed by atoms with E-state index in [0.29, 0.717) is 11.3 Å². The number of oxazole rings is 1. The summed E-state index contributed by atoms with van der Waals surface area (Å²) in [6.07, 6.45) is 0. The Morgan fingerprint density at radius 1 is 1.41 bits per heavy atom. The first-order chi connectivity index (χ1) is 8.22. The number of fused-ring (bicyclic) bond motifs is 1. The maximum atomic E-state index is 8.50. The van der Waals surface area contributed by atoms with Gasteiger partial charge in [-0.2, -0.15) is 15.6 Å². The second-order valence-electron chi connectivity index (χ2n) is 3.02. The molecule has 0 unspecified atom stereocenters. The Hall–Kier alpha value is -2.64. The number of hydrazone groups is 1. The van der Waals surface area contributed by atoms with Crippen molar-refractivity contribution in [1.29, 1.82) is 10.5 Å². The van der Waals surface area contributed by atoms with Gasteiger partial charge in [-0.05, 0) is 24.4 Å². The summed E-state index contributed by atoms with van der Waals surface area (Å²) in [4.78, 5) is 3.14. The molecule has 0 aliphatic rings. The zero-order valence-electron chi connectivity index (χ0n) is 8.39. The lowest BCUT2D eigenvalue weighted by atomic mass is 10.3. The first-order valence-corrected chi connectivity index (χ1v) is 4.90. The number of benzene rings is 1. The van der Waals surface area contributed by atoms with Crippen LogP contribution in [0.3, 0.4) is 0 Å². The maximum absolute atomic E-state index is 8.50. The standard InChI is InChI=1S/C10H5N5OS/c11-4-7(5-12)15-14-6-1-2-8-9(3-6)16-10(17)13-8/h1-3,14H,(H,13,17). The van der Waals surface area contributed by atoms with Crippen LogP contribution in [0.15, 0.2) is 27.7 Å². The van der Waals surface area contributed by atoms with Crippen LogP contribution in [-0.4, -0.2) is 10.7 Å². The number of nitrogens with zero attached hydrogens (tertiary/aromatic N) is 3. The molecule has 17 heavy (non-hydrogen) atoms. The predicted molar refractivity (Wildman–Crippen MR) is 63.7 cm³/mol. The van der Waals surface area contributed by atoms with E-state index in [1.54, 1.807) is 30.3 Å². The van der Waals surface area contributed by atoms with Crippen molar-refractivity contribution in [3.05, 3.63) is 23.0 Å². The number of H-pyrrole nitrogens is 1. The van der Waals surface area contributed by atoms with Crippen molar-refractivity contribution in [1.82, 2.24) is 4.98 Å². The molecule has 2 aromatic rings. The SMILES string of the molecule is N#CC(C#N)=NNc1ccc2[nH]c(=S)oc2c1. The number of nitriles is 2. The molecular formula is C10H5N5OS. The number of hydrogen-bond donors (Lipinski definition) is 2. The molecule has 0 bridgehead atoms. The topological polar surface area (TPSA) is 101 Å². The molecule has 82 valence electrons. The molecule has 0 fully saturated rings. The van der Waals surface area contributed by atoms with Crippen molar-refractivity contribution < 1.29 is 4.42 Å². The minimum atomic E-state index is -0.250. The average Bonchev–Trinajstić information content (AvgIpc) is 2.69. The van der Waals surface area contributed by atoms with Crippen LogP contribution in [-0.2, 0) is 0 Å². The third-order valence-electron chi connectivity index (χ3n) is 1.93. The van der Waals surface area contributed by atoms with Gasteiger partial charge in [0, 0.05) is 6.07 Å². The summed E-state index contributed by atoms with van der Waals surface area (Å²) in [5.74, 6) is 0. The minimum absolute atomic E-state index is 0.250. The van der Waals surface area contributed by atoms with Crippen molar-refractivity contribution in [2.75, 3.05) is 5.43 Å². The van der Waals surface area contributed by atoms with Crippen LogP contribution in [0.4, 0.5) is 5.69 Å². The van der Waals surface area contributed by atoms with Gasteiger partial charge in [0.25, 0.3) is 4.84 Å². The van der Waals surface area contributed by atoms with Crippen molar-refractivity contribution in [2.24, 2.45) is 5.10 Å². The molecule has 0 atom stereocenters. The molecule has 0 spiro atoms. The highest BCUT2D eigenvalue weighted by atomic mass is 32.1. The fourth-order valence-electron chi connectivity index (χ4n) is 1.21. The number of anilines is 1. The molecule has 7 heteroatoms. The zero-order valence-corrected chi connectivity index (χ0v) is 9.21. The molecule has 1 aromatic carbocycles. The summed E-state index contributed by atoms with van der Waals surface area (Å²) in [5.41, 5.74) is 4.27. The summed E-state index contributed by atoms with van der Waals surface area (Å²) in [6, 6.07) is 8.43. The second kappa shape index (κ2) is 4.47. The van der Waals surface area contributed by atoms with Crippen LogP contribution in [0.2, 0.25) is 0 Å². The highest BCUT2D eigenvalue weighted by Crippen LogP contribution is 2.18. The van der Waals surface area contributed by atoms with Crippen LogP contribution < -0.4 is 5.43 Å². The van der Waals surface area contributed by atoms with E-state index in [9.17, 15) is 0 Å². The third kappa shape index (κ3) is 2.30. The molecule has 0 radical (unpaired) electrons. The molecule has 0 saturated carbocycles. The largest absolute Gasteiger partial charge is 0.429 e. The first kappa shape index (κ1) is 10.9. The zero-order chi connectivity index (χ0) is 12.3. The van der Waals surface area contributed by atoms with E-state index < -0.39 is 0 Å². The smallest absolute Gasteiger partial charge is 0.266 e. The van der Waals surface area contributed by atoms with Crippen LogP contribution in [0.5, 0.6) is 0 Å². The van der Waals surface area contributed by atoms with Crippen molar-refractivity contribution in [3.8, 4) is 12.1 Å². The van der Waals surface area contributed by atoms with Gasteiger partial charge >= 0.3 is 0 Å². The molecule has 2 rings (SSSR count). The normalized spacial score (nSPS) is 9.29. The van der Waals surface area contributed by atoms with E-state index >= 15 is 0 Å². The fourth-order valence-corrected chi connectivity index (χ4v) is 1.41. The van der Waals surface area contributed by atoms with Gasteiger partial charge in [-0.15, -0.1) is 0 Å². The Morgan fingerprint density at radius 2 is 2.18 bits per heavy atom. The van der Waals surface area contributed by atoms with Crippen LogP contribution in [0.25, 0.3) is 11.1 Å². The molecular weight excluding hydrogens is 238 g/mol. The number of nitrogens with one attached hydrogen (secondary N) is 2. The second-order valence-corrected chi connectivity index (χ2v) is 3.39. The van der Waals surface area contributed by atoms with E-state index in [0.717, 1.165) is 5.52 Å². The minimum Gasteiger partial charge on any atom is -0.429 e. The fraction of sp³-hybridized carbons (Fsp3) is 0. The van der Waals surface area contributed by atoms with Gasteiger partial charge in [0.2, 0.25) is 5.71 Å². The highest BCUT2D eigenvalue weighted by Gasteiger charge is 2.00. The summed E-state index contributed by atoms with van der Waals surface area (Å²) in [5, 5.41) is 20.6. The summed E-state index contributed by atoms with van der Waals surface area (Å²) >= 11 is 4.84. The third-order valence-corrected chi connectivity index (χ3v) is 2.12. The van der Waals surface area contributed by atoms with E-state index in [1.165, 1.54) is 0 Å². The highest BCUT2D eigenvalue weighted by molar-refractivity contribution is 7.71. The lowest BCUT2D eigenvalue weighted by Gasteiger charge is -1.98. The van der Waals surface area contributed by atoms with Gasteiger partial charge in [0.05, 0.1) is 11.2 Å². The molecule has 0 amide bonds. The van der Waals surface area contributed by atoms with Crippen molar-refractivity contribution in [3.63, 3.8) is 0 Å². The molecule has 1 aromatic heterocycles. The quantitative estimate of drug-likeness (QED) is 0.478. The van der Waals surface area contributed by atoms with Gasteiger partial charge < -0.3 is 9.40 Å². The molecule has 0 aliphatic heterocycles.